The van der Waals surface area contributed by atoms with Gasteiger partial charge in [0.05, 0.1) is 0 Å². The summed E-state index contributed by atoms with van der Waals surface area (Å²) in [5, 5.41) is 8.76. The van der Waals surface area contributed by atoms with Crippen LogP contribution in [0.15, 0.2) is 34.7 Å². The molecule has 0 bridgehead atoms. The molecule has 2 N–H and O–H groups in total. The number of aromatic nitrogens is 1. The quantitative estimate of drug-likeness (QED) is 0.868. The first-order valence-electron chi connectivity index (χ1n) is 5.00. The highest BCUT2D eigenvalue weighted by molar-refractivity contribution is 5.41. The Morgan fingerprint density at radius 3 is 2.65 bits per heavy atom. The maximum Gasteiger partial charge on any atom is 0.232 e. The highest BCUT2D eigenvalue weighted by Gasteiger charge is 2.21. The number of nitrogens with two attached hydrogens (primary N) is 1. The third-order valence-electron chi connectivity index (χ3n) is 2.34. The van der Waals surface area contributed by atoms with Crippen LogP contribution in [0.1, 0.15) is 23.3 Å². The standard InChI is InChI=1S/C12H11N3O2/c1-16-10(8-5-3-2-4-6-8)12-15-9(7-13)11(14)17-12/h2-6,10H,14H2,1H3. The van der Waals surface area contributed by atoms with Crippen molar-refractivity contribution in [1.29, 1.82) is 5.26 Å². The second-order valence-electron chi connectivity index (χ2n) is 3.40. The zero-order valence-electron chi connectivity index (χ0n) is 9.25. The number of oxazole rings is 1. The summed E-state index contributed by atoms with van der Waals surface area (Å²) in [4.78, 5) is 4.00. The molecule has 0 spiro atoms. The van der Waals surface area contributed by atoms with E-state index in [4.69, 9.17) is 20.1 Å². The van der Waals surface area contributed by atoms with Crippen LogP contribution in [-0.4, -0.2) is 12.1 Å². The Kier molecular flexibility index (Phi) is 3.08. The number of rotatable bonds is 3. The van der Waals surface area contributed by atoms with Crippen LogP contribution < -0.4 is 5.73 Å². The highest BCUT2D eigenvalue weighted by atomic mass is 16.5. The van der Waals surface area contributed by atoms with Crippen LogP contribution in [-0.2, 0) is 4.74 Å². The lowest BCUT2D eigenvalue weighted by atomic mass is 10.1. The van der Waals surface area contributed by atoms with Gasteiger partial charge in [-0.2, -0.15) is 10.2 Å². The van der Waals surface area contributed by atoms with Gasteiger partial charge in [0.2, 0.25) is 17.5 Å². The molecular weight excluding hydrogens is 218 g/mol. The Morgan fingerprint density at radius 2 is 2.12 bits per heavy atom. The number of nitrogens with zero attached hydrogens (tertiary/aromatic N) is 2. The first-order chi connectivity index (χ1) is 8.26. The fourth-order valence-electron chi connectivity index (χ4n) is 1.55. The molecular formula is C12H11N3O2. The van der Waals surface area contributed by atoms with Gasteiger partial charge in [0.25, 0.3) is 0 Å². The van der Waals surface area contributed by atoms with E-state index in [2.05, 4.69) is 4.98 Å². The van der Waals surface area contributed by atoms with Gasteiger partial charge < -0.3 is 14.9 Å². The summed E-state index contributed by atoms with van der Waals surface area (Å²) in [6.07, 6.45) is -0.458. The summed E-state index contributed by atoms with van der Waals surface area (Å²) in [5.74, 6) is 0.299. The van der Waals surface area contributed by atoms with E-state index >= 15 is 0 Å². The number of benzene rings is 1. The van der Waals surface area contributed by atoms with Gasteiger partial charge in [-0.15, -0.1) is 0 Å². The van der Waals surface area contributed by atoms with Crippen molar-refractivity contribution in [1.82, 2.24) is 4.98 Å². The lowest BCUT2D eigenvalue weighted by Gasteiger charge is -2.11. The largest absolute Gasteiger partial charge is 0.421 e. The molecule has 0 amide bonds. The van der Waals surface area contributed by atoms with E-state index in [0.717, 1.165) is 5.56 Å². The van der Waals surface area contributed by atoms with E-state index < -0.39 is 6.10 Å². The van der Waals surface area contributed by atoms with E-state index in [0.29, 0.717) is 0 Å². The predicted octanol–water partition coefficient (Wildman–Crippen LogP) is 1.86. The molecule has 0 aliphatic carbocycles. The molecule has 5 heteroatoms. The molecule has 1 atom stereocenters. The summed E-state index contributed by atoms with van der Waals surface area (Å²) in [7, 11) is 1.55. The molecule has 0 fully saturated rings. The van der Waals surface area contributed by atoms with Crippen LogP contribution in [0.25, 0.3) is 0 Å². The van der Waals surface area contributed by atoms with Gasteiger partial charge in [0.1, 0.15) is 6.07 Å². The van der Waals surface area contributed by atoms with Crippen molar-refractivity contribution in [3.63, 3.8) is 0 Å². The Bertz CT molecular complexity index is 543. The van der Waals surface area contributed by atoms with Crippen molar-refractivity contribution < 1.29 is 9.15 Å². The number of ether oxygens (including phenoxy) is 1. The Hall–Kier alpha value is -2.32. The molecule has 0 aliphatic rings. The molecule has 5 nitrogen and oxygen atoms in total. The highest BCUT2D eigenvalue weighted by Crippen LogP contribution is 2.26. The minimum absolute atomic E-state index is 0.0143. The molecule has 2 rings (SSSR count). The number of hydrogen-bond donors (Lipinski definition) is 1. The number of methoxy groups -OCH3 is 1. The van der Waals surface area contributed by atoms with E-state index in [1.165, 1.54) is 0 Å². The zero-order chi connectivity index (χ0) is 12.3. The predicted molar refractivity (Wildman–Crippen MR) is 60.9 cm³/mol. The van der Waals surface area contributed by atoms with Crippen LogP contribution in [0, 0.1) is 11.3 Å². The normalized spacial score (nSPS) is 12.0. The fourth-order valence-corrected chi connectivity index (χ4v) is 1.55. The second-order valence-corrected chi connectivity index (χ2v) is 3.40. The number of nitriles is 1. The molecule has 17 heavy (non-hydrogen) atoms. The summed E-state index contributed by atoms with van der Waals surface area (Å²) >= 11 is 0. The van der Waals surface area contributed by atoms with Crippen LogP contribution >= 0.6 is 0 Å². The molecule has 1 aromatic carbocycles. The number of hydrogen-bond acceptors (Lipinski definition) is 5. The summed E-state index contributed by atoms with van der Waals surface area (Å²) in [5.41, 5.74) is 6.49. The van der Waals surface area contributed by atoms with Crippen molar-refractivity contribution in [2.75, 3.05) is 12.8 Å². The lowest BCUT2D eigenvalue weighted by molar-refractivity contribution is 0.112. The molecule has 0 radical (unpaired) electrons. The van der Waals surface area contributed by atoms with Gasteiger partial charge in [-0.3, -0.25) is 0 Å². The fraction of sp³-hybridized carbons (Fsp3) is 0.167. The van der Waals surface area contributed by atoms with Gasteiger partial charge in [-0.1, -0.05) is 30.3 Å². The van der Waals surface area contributed by atoms with Crippen molar-refractivity contribution in [2.24, 2.45) is 0 Å². The molecule has 1 aromatic heterocycles. The maximum absolute atomic E-state index is 8.76. The summed E-state index contributed by atoms with van der Waals surface area (Å²) in [6.45, 7) is 0. The molecule has 1 heterocycles. The average molecular weight is 229 g/mol. The van der Waals surface area contributed by atoms with E-state index in [9.17, 15) is 0 Å². The third-order valence-corrected chi connectivity index (χ3v) is 2.34. The second kappa shape index (κ2) is 4.68. The van der Waals surface area contributed by atoms with Crippen LogP contribution in [0.5, 0.6) is 0 Å². The van der Waals surface area contributed by atoms with Crippen molar-refractivity contribution in [3.05, 3.63) is 47.5 Å². The molecule has 86 valence electrons. The van der Waals surface area contributed by atoms with Gasteiger partial charge in [0, 0.05) is 7.11 Å². The third kappa shape index (κ3) is 2.12. The topological polar surface area (TPSA) is 85.1 Å². The van der Waals surface area contributed by atoms with E-state index in [1.54, 1.807) is 7.11 Å². The minimum Gasteiger partial charge on any atom is -0.421 e. The molecule has 2 aromatic rings. The van der Waals surface area contributed by atoms with E-state index in [1.807, 2.05) is 36.4 Å². The Labute approximate surface area is 98.4 Å². The van der Waals surface area contributed by atoms with Crippen molar-refractivity contribution >= 4 is 5.88 Å². The van der Waals surface area contributed by atoms with Crippen molar-refractivity contribution in [2.45, 2.75) is 6.10 Å². The smallest absolute Gasteiger partial charge is 0.232 e. The molecule has 0 saturated carbocycles. The first kappa shape index (κ1) is 11.2. The van der Waals surface area contributed by atoms with Crippen LogP contribution in [0.3, 0.4) is 0 Å². The Morgan fingerprint density at radius 1 is 1.41 bits per heavy atom. The zero-order valence-corrected chi connectivity index (χ0v) is 9.25. The minimum atomic E-state index is -0.458. The maximum atomic E-state index is 8.76. The number of anilines is 1. The van der Waals surface area contributed by atoms with Gasteiger partial charge in [0.15, 0.2) is 6.10 Å². The summed E-state index contributed by atoms with van der Waals surface area (Å²) < 4.78 is 10.5. The SMILES string of the molecule is COC(c1ccccc1)c1nc(C#N)c(N)o1. The van der Waals surface area contributed by atoms with Gasteiger partial charge in [-0.05, 0) is 5.56 Å². The molecule has 0 aliphatic heterocycles. The number of nitrogen functional groups attached to an aromatic ring is 1. The monoisotopic (exact) mass is 229 g/mol. The van der Waals surface area contributed by atoms with Crippen molar-refractivity contribution in [3.8, 4) is 6.07 Å². The van der Waals surface area contributed by atoms with Crippen LogP contribution in [0.4, 0.5) is 5.88 Å². The van der Waals surface area contributed by atoms with Crippen LogP contribution in [0.2, 0.25) is 0 Å². The van der Waals surface area contributed by atoms with Gasteiger partial charge in [-0.25, -0.2) is 0 Å². The van der Waals surface area contributed by atoms with E-state index in [-0.39, 0.29) is 17.5 Å². The average Bonchev–Trinajstić information content (AvgIpc) is 2.73. The Balaban J connectivity index is 2.40. The van der Waals surface area contributed by atoms with Gasteiger partial charge >= 0.3 is 0 Å². The molecule has 1 unspecified atom stereocenters. The first-order valence-corrected chi connectivity index (χ1v) is 5.00. The summed E-state index contributed by atoms with van der Waals surface area (Å²) in [6, 6.07) is 11.3. The molecule has 0 saturated heterocycles. The lowest BCUT2D eigenvalue weighted by Crippen LogP contribution is -2.03.